The molecule has 0 radical (unpaired) electrons. The molecule has 0 fully saturated rings. The quantitative estimate of drug-likeness (QED) is 0.0537. The Labute approximate surface area is 885 Å². The van der Waals surface area contributed by atoms with E-state index in [1.54, 1.807) is 10.0 Å². The molecule has 0 unspecified atom stereocenters. The third kappa shape index (κ3) is 27.2. The summed E-state index contributed by atoms with van der Waals surface area (Å²) in [5.41, 5.74) is 23.6. The predicted octanol–water partition coefficient (Wildman–Crippen LogP) is 28.6. The van der Waals surface area contributed by atoms with Gasteiger partial charge in [0.05, 0.1) is 11.9 Å². The predicted molar refractivity (Wildman–Crippen MR) is 540 cm³/mol. The van der Waals surface area contributed by atoms with E-state index >= 15 is 0 Å². The van der Waals surface area contributed by atoms with Gasteiger partial charge in [-0.15, -0.1) is 113 Å². The van der Waals surface area contributed by atoms with Crippen LogP contribution >= 0.6 is 0 Å². The number of hydrogen-bond donors (Lipinski definition) is 1. The third-order valence-corrected chi connectivity index (χ3v) is 24.1. The minimum Gasteiger partial charge on any atom is -0.509 e. The zero-order chi connectivity index (χ0) is 97.3. The summed E-state index contributed by atoms with van der Waals surface area (Å²) in [6.45, 7) is 42.0. The summed E-state index contributed by atoms with van der Waals surface area (Å²) in [6, 6.07) is 98.9. The number of pyridine rings is 3. The molecular formula is C111H113N20O5Pt5-3. The number of aromatic nitrogens is 10. The molecule has 0 spiro atoms. The number of benzene rings is 10. The van der Waals surface area contributed by atoms with Crippen molar-refractivity contribution >= 4 is 71.1 Å². The first-order chi connectivity index (χ1) is 65.3. The van der Waals surface area contributed by atoms with Crippen LogP contribution < -0.4 is 24.8 Å². The largest absolute Gasteiger partial charge is 2.00 e. The summed E-state index contributed by atoms with van der Waals surface area (Å²) in [7, 11) is 1.90. The number of rotatable bonds is 16. The Bertz CT molecular complexity index is 7640. The average Bonchev–Trinajstić information content (AvgIpc) is 1.60. The van der Waals surface area contributed by atoms with Crippen LogP contribution in [-0.2, 0) is 128 Å². The van der Waals surface area contributed by atoms with Gasteiger partial charge >= 0.3 is 172 Å². The van der Waals surface area contributed by atoms with Gasteiger partial charge in [0.25, 0.3) is 0 Å². The molecule has 0 saturated heterocycles. The van der Waals surface area contributed by atoms with Crippen molar-refractivity contribution in [1.82, 2.24) is 58.8 Å². The third-order valence-electron chi connectivity index (χ3n) is 21.9. The number of fused-ring (bicyclic) bond motifs is 9. The molecule has 1 N–H and O–H groups in total. The first-order valence-corrected chi connectivity index (χ1v) is 48.6. The fourth-order valence-corrected chi connectivity index (χ4v) is 16.0. The Morgan fingerprint density at radius 3 is 1.23 bits per heavy atom. The van der Waals surface area contributed by atoms with E-state index in [2.05, 4.69) is 334 Å². The van der Waals surface area contributed by atoms with Crippen molar-refractivity contribution in [3.63, 3.8) is 0 Å². The Morgan fingerprint density at radius 1 is 0.404 bits per heavy atom. The molecule has 19 rings (SSSR count). The van der Waals surface area contributed by atoms with Gasteiger partial charge in [-0.3, -0.25) is 9.36 Å². The number of anilines is 1. The summed E-state index contributed by atoms with van der Waals surface area (Å²) in [6.07, 6.45) is 13.3. The van der Waals surface area contributed by atoms with Gasteiger partial charge in [-0.05, 0) is 159 Å². The summed E-state index contributed by atoms with van der Waals surface area (Å²) >= 11 is -2.52. The van der Waals surface area contributed by atoms with Gasteiger partial charge in [0.15, 0.2) is 0 Å². The van der Waals surface area contributed by atoms with Crippen LogP contribution in [0.15, 0.2) is 302 Å². The zero-order valence-corrected chi connectivity index (χ0v) is 93.0. The zero-order valence-electron chi connectivity index (χ0n) is 81.6. The molecular weight excluding hydrogens is 2670 g/mol. The molecule has 8 aromatic heterocycles. The fraction of sp³-hybridized carbons (Fsp3) is 0.252. The minimum absolute atomic E-state index is 0. The monoisotopic (exact) mass is 2780 g/mol. The van der Waals surface area contributed by atoms with Crippen molar-refractivity contribution in [1.29, 1.82) is 0 Å². The second-order valence-electron chi connectivity index (χ2n) is 39.0. The van der Waals surface area contributed by atoms with Crippen molar-refractivity contribution in [2.45, 2.75) is 179 Å². The molecule has 30 heteroatoms. The molecule has 0 amide bonds. The van der Waals surface area contributed by atoms with E-state index in [0.29, 0.717) is 34.5 Å². The smallest absolute Gasteiger partial charge is 0.509 e. The van der Waals surface area contributed by atoms with E-state index < -0.39 is 36.7 Å². The molecule has 0 saturated carbocycles. The number of aryl methyl sites for hydroxylation is 2. The first-order valence-electron chi connectivity index (χ1n) is 44.7. The maximum Gasteiger partial charge on any atom is 2.00 e. The Morgan fingerprint density at radius 2 is 0.830 bits per heavy atom. The average molecular weight is 2780 g/mol. The van der Waals surface area contributed by atoms with Gasteiger partial charge in [0.2, 0.25) is 0 Å². The molecule has 0 atom stereocenters. The van der Waals surface area contributed by atoms with Crippen LogP contribution in [-0.4, -0.2) is 71.3 Å². The molecule has 1 aliphatic rings. The minimum atomic E-state index is -1.41. The Hall–Kier alpha value is -12.2. The summed E-state index contributed by atoms with van der Waals surface area (Å²) < 4.78 is 56.1. The molecule has 0 bridgehead atoms. The standard InChI is InChI=1S/C36H28N4O.C34H34N5O.C32H28N4O.C4H10N6.C4H9N.CH4.2O.5Pt/c1-36(2,3)27-18-19-37-35(20-27)40-33-15-8-7-14-31(33)32-17-16-30(22-34(32)40)41-29-13-9-12-28(21-29)39-24-26(23-38-39)25-10-5-4-6-11-25;1-33(2,3)23-14-15-35-32(20-23)39-30-11-9-8-10-28(30)29-13-12-26(22-31(29)39)40-27-19-24(34(4,5)6)18-25(21-27)38-17-16-37(7)36-38;1-21-17-22(2)36(34-21)24-9-8-10-25(19-24)37-26-13-14-28-27-11-6-7-12-29(27)35(30(28)20-26)31-18-23(15-16-33-31)32(3,4)5;1-4(2,3)6-8-10-9-7-5;1-4(2,3)5;;;;;;;;/h4-20,23-24H,1-3H3;8-20H,1-7H3;6-18H,1-5H3;1-3H3,(H,6,7,10);1-3H3;1H4;;;;;;;/q-2;-3;-2;;;;;;;;;2*+2. The van der Waals surface area contributed by atoms with E-state index in [1.807, 2.05) is 194 Å². The first kappa shape index (κ1) is 109. The van der Waals surface area contributed by atoms with E-state index in [9.17, 15) is 6.80 Å². The van der Waals surface area contributed by atoms with Crippen LogP contribution in [0.1, 0.15) is 166 Å². The van der Waals surface area contributed by atoms with Crippen molar-refractivity contribution in [3.05, 3.63) is 349 Å². The van der Waals surface area contributed by atoms with Crippen molar-refractivity contribution in [2.24, 2.45) is 27.9 Å². The van der Waals surface area contributed by atoms with Crippen molar-refractivity contribution in [2.75, 3.05) is 12.1 Å². The van der Waals surface area contributed by atoms with Gasteiger partial charge < -0.3 is 43.5 Å². The Balaban J connectivity index is 0.000000182. The molecule has 9 heterocycles. The summed E-state index contributed by atoms with van der Waals surface area (Å²) in [5, 5.41) is 33.1. The Kier molecular flexibility index (Phi) is 36.2. The number of para-hydroxylation sites is 3. The number of hydrogen-bond acceptors (Lipinski definition) is 16. The van der Waals surface area contributed by atoms with Gasteiger partial charge in [0.1, 0.15) is 17.5 Å². The number of ether oxygens (including phenoxy) is 3. The molecule has 740 valence electrons. The summed E-state index contributed by atoms with van der Waals surface area (Å²) in [5.74, 6) is 6.24. The van der Waals surface area contributed by atoms with Gasteiger partial charge in [0, 0.05) is 114 Å². The van der Waals surface area contributed by atoms with E-state index in [1.165, 1.54) is 16.7 Å². The fourth-order valence-electron chi connectivity index (χ4n) is 15.2. The van der Waals surface area contributed by atoms with E-state index in [-0.39, 0.29) is 103 Å². The van der Waals surface area contributed by atoms with Gasteiger partial charge in [-0.25, -0.2) is 15.0 Å². The molecule has 25 nitrogen and oxygen atoms in total. The van der Waals surface area contributed by atoms with Crippen LogP contribution in [0.3, 0.4) is 0 Å². The SMILES string of the molecule is C.CC(C)(C)N=NN=NN[N]=[Pt]=[O].CC(C)(C)[N]=[Pt]=[O].CC(C)(C)c1ccnc(-n2c3[c-]c(Oc4[c-]c(-n5cc(-c6ccccc6)cn5)ccc4)ccc3c3ccccc32)c1.CN1C=CN(c2[c-]c(Oc3[c-]c4c(cc3)c3ccccc3n4-c3cc(C(C)(C)C)ccn3)cc(C(C)(C)C)c2)[N-]1.Cc1cc(C)n(-c2[c-]c(Oc3[c-]c4c(cc3)c3ccccc3n4-c3cc(C(C)(C)C)ccn3)ccc2)n1.[Pt+2].[Pt+2].[Pt]. The molecule has 141 heavy (non-hydrogen) atoms. The molecule has 1 aliphatic heterocycles. The van der Waals surface area contributed by atoms with Gasteiger partial charge in [-0.2, -0.15) is 40.5 Å². The topological polar surface area (TPSA) is 258 Å². The summed E-state index contributed by atoms with van der Waals surface area (Å²) in [4.78, 5) is 14.3. The maximum absolute atomic E-state index is 9.89. The van der Waals surface area contributed by atoms with E-state index in [4.69, 9.17) is 29.2 Å². The van der Waals surface area contributed by atoms with Crippen molar-refractivity contribution in [3.8, 4) is 74.5 Å². The van der Waals surface area contributed by atoms with Crippen LogP contribution in [0.4, 0.5) is 5.69 Å². The van der Waals surface area contributed by atoms with E-state index in [0.717, 1.165) is 128 Å². The van der Waals surface area contributed by atoms with Crippen LogP contribution in [0.2, 0.25) is 0 Å². The van der Waals surface area contributed by atoms with Crippen LogP contribution in [0.25, 0.3) is 111 Å². The second kappa shape index (κ2) is 46.7. The number of nitrogens with zero attached hydrogens (tertiary/aromatic N) is 19. The maximum atomic E-state index is 9.89. The van der Waals surface area contributed by atoms with Crippen LogP contribution in [0, 0.1) is 50.2 Å². The van der Waals surface area contributed by atoms with Crippen molar-refractivity contribution < 1.29 is 121 Å². The number of nitrogens with one attached hydrogen (secondary N) is 1. The molecule has 0 aliphatic carbocycles. The second-order valence-corrected chi connectivity index (χ2v) is 40.9. The normalized spacial score (nSPS) is 12.2. The molecule has 18 aromatic rings. The van der Waals surface area contributed by atoms with Crippen LogP contribution in [0.5, 0.6) is 34.5 Å². The van der Waals surface area contributed by atoms with Gasteiger partial charge in [-0.1, -0.05) is 198 Å². The molecule has 10 aromatic carbocycles.